The van der Waals surface area contributed by atoms with E-state index in [2.05, 4.69) is 38.2 Å². The topological polar surface area (TPSA) is 198 Å². The van der Waals surface area contributed by atoms with Crippen LogP contribution in [0.1, 0.15) is 25.5 Å². The number of anilines is 1. The molecule has 14 heteroatoms. The molecular formula is C17H25N7O6S. The number of carbonyl (C=O) groups excluding carboxylic acids is 1. The highest BCUT2D eigenvalue weighted by molar-refractivity contribution is 7.80. The van der Waals surface area contributed by atoms with Crippen LogP contribution >= 0.6 is 12.6 Å². The number of hydrogen-bond acceptors (Lipinski definition) is 11. The number of rotatable bonds is 10. The second-order valence-electron chi connectivity index (χ2n) is 7.10. The molecule has 7 N–H and O–H groups in total. The molecule has 0 aliphatic carbocycles. The highest BCUT2D eigenvalue weighted by Crippen LogP contribution is 2.31. The summed E-state index contributed by atoms with van der Waals surface area (Å²) in [6.07, 6.45) is -0.167. The Morgan fingerprint density at radius 2 is 2.16 bits per heavy atom. The summed E-state index contributed by atoms with van der Waals surface area (Å²) in [6, 6.07) is -1.10. The van der Waals surface area contributed by atoms with Crippen molar-refractivity contribution < 1.29 is 29.6 Å². The molecule has 4 atom stereocenters. The van der Waals surface area contributed by atoms with E-state index in [0.29, 0.717) is 35.6 Å². The summed E-state index contributed by atoms with van der Waals surface area (Å²) < 4.78 is 7.24. The van der Waals surface area contributed by atoms with E-state index in [4.69, 9.17) is 15.6 Å². The van der Waals surface area contributed by atoms with Gasteiger partial charge in [-0.2, -0.15) is 4.98 Å². The van der Waals surface area contributed by atoms with Crippen LogP contribution in [0.3, 0.4) is 0 Å². The van der Waals surface area contributed by atoms with Crippen LogP contribution in [-0.4, -0.2) is 84.7 Å². The molecule has 0 radical (unpaired) electrons. The first-order valence-corrected chi connectivity index (χ1v) is 10.1. The molecule has 0 aromatic carbocycles. The maximum atomic E-state index is 11.7. The Balaban J connectivity index is 1.58. The molecule has 31 heavy (non-hydrogen) atoms. The standard InChI is InChI=1S/C17H25N7O6S/c18-9(5-11(27)28)14(29)19-2-1-3-20-17-22-13-12(15(31)23-17)21-7-24(13)16-10(26)4-8(6-25)30-16/h7-10,16,25-26H,1-6,18H2,(H,19,29)(H,27,28)(H2,20,22,23,31)/t8-,9?,10?,16+/m0/s1. The number of hydrogen-bond donors (Lipinski definition) is 7. The molecule has 2 aromatic rings. The van der Waals surface area contributed by atoms with Crippen LogP contribution in [0.2, 0.25) is 0 Å². The SMILES string of the molecule is NC(CC(=O)O)C(=O)NCCCNc1nc(S)c2ncn([C@@H]3O[C@H](CO)CC3O)c2n1. The summed E-state index contributed by atoms with van der Waals surface area (Å²) in [4.78, 5) is 35.2. The number of carboxylic acids is 1. The number of thiol groups is 1. The van der Waals surface area contributed by atoms with E-state index in [-0.39, 0.29) is 19.1 Å². The van der Waals surface area contributed by atoms with Gasteiger partial charge >= 0.3 is 5.97 Å². The molecule has 3 rings (SSSR count). The van der Waals surface area contributed by atoms with Crippen LogP contribution in [-0.2, 0) is 14.3 Å². The van der Waals surface area contributed by atoms with Crippen LogP contribution in [0.15, 0.2) is 11.4 Å². The van der Waals surface area contributed by atoms with Gasteiger partial charge in [0.1, 0.15) is 16.6 Å². The minimum absolute atomic E-state index is 0.197. The lowest BCUT2D eigenvalue weighted by Crippen LogP contribution is -2.42. The molecule has 1 aliphatic heterocycles. The van der Waals surface area contributed by atoms with Gasteiger partial charge in [-0.1, -0.05) is 0 Å². The van der Waals surface area contributed by atoms with Gasteiger partial charge in [-0.25, -0.2) is 9.97 Å². The van der Waals surface area contributed by atoms with E-state index in [1.165, 1.54) is 6.33 Å². The van der Waals surface area contributed by atoms with Crippen molar-refractivity contribution in [2.24, 2.45) is 5.73 Å². The minimum Gasteiger partial charge on any atom is -0.481 e. The number of carboxylic acid groups (broad SMARTS) is 1. The lowest BCUT2D eigenvalue weighted by Gasteiger charge is -2.16. The second-order valence-corrected chi connectivity index (χ2v) is 7.53. The van der Waals surface area contributed by atoms with E-state index in [1.54, 1.807) is 4.57 Å². The van der Waals surface area contributed by atoms with Crippen molar-refractivity contribution in [2.75, 3.05) is 25.0 Å². The Kier molecular flexibility index (Phi) is 7.61. The number of fused-ring (bicyclic) bond motifs is 1. The fourth-order valence-electron chi connectivity index (χ4n) is 3.18. The number of aliphatic hydroxyl groups excluding tert-OH is 2. The van der Waals surface area contributed by atoms with E-state index < -0.39 is 42.8 Å². The third kappa shape index (κ3) is 5.59. The summed E-state index contributed by atoms with van der Waals surface area (Å²) in [5, 5.41) is 34.1. The van der Waals surface area contributed by atoms with E-state index >= 15 is 0 Å². The van der Waals surface area contributed by atoms with Crippen molar-refractivity contribution >= 4 is 41.6 Å². The van der Waals surface area contributed by atoms with Crippen LogP contribution in [0.4, 0.5) is 5.95 Å². The Morgan fingerprint density at radius 3 is 2.84 bits per heavy atom. The highest BCUT2D eigenvalue weighted by Gasteiger charge is 2.36. The van der Waals surface area contributed by atoms with Gasteiger partial charge in [-0.05, 0) is 6.42 Å². The van der Waals surface area contributed by atoms with Gasteiger partial charge in [-0.15, -0.1) is 12.6 Å². The molecule has 13 nitrogen and oxygen atoms in total. The van der Waals surface area contributed by atoms with Crippen molar-refractivity contribution in [1.29, 1.82) is 0 Å². The molecule has 2 aromatic heterocycles. The molecule has 0 saturated carbocycles. The molecule has 3 heterocycles. The predicted octanol–water partition coefficient (Wildman–Crippen LogP) is -1.52. The Labute approximate surface area is 182 Å². The number of aromatic nitrogens is 4. The summed E-state index contributed by atoms with van der Waals surface area (Å²) >= 11 is 4.35. The third-order valence-electron chi connectivity index (χ3n) is 4.71. The molecule has 1 saturated heterocycles. The lowest BCUT2D eigenvalue weighted by molar-refractivity contribution is -0.139. The number of aliphatic carboxylic acids is 1. The van der Waals surface area contributed by atoms with Crippen LogP contribution in [0.25, 0.3) is 11.2 Å². The molecule has 170 valence electrons. The monoisotopic (exact) mass is 455 g/mol. The normalized spacial score (nSPS) is 21.9. The quantitative estimate of drug-likeness (QED) is 0.125. The number of ether oxygens (including phenoxy) is 1. The zero-order valence-electron chi connectivity index (χ0n) is 16.5. The zero-order chi connectivity index (χ0) is 22.5. The van der Waals surface area contributed by atoms with Crippen LogP contribution < -0.4 is 16.4 Å². The van der Waals surface area contributed by atoms with Gasteiger partial charge in [0, 0.05) is 19.5 Å². The number of nitrogens with two attached hydrogens (primary N) is 1. The second kappa shape index (κ2) is 10.2. The Hall–Kier alpha value is -2.52. The predicted molar refractivity (Wildman–Crippen MR) is 111 cm³/mol. The van der Waals surface area contributed by atoms with Crippen molar-refractivity contribution in [3.63, 3.8) is 0 Å². The van der Waals surface area contributed by atoms with Crippen LogP contribution in [0.5, 0.6) is 0 Å². The smallest absolute Gasteiger partial charge is 0.305 e. The fraction of sp³-hybridized carbons (Fsp3) is 0.588. The molecule has 0 spiro atoms. The maximum absolute atomic E-state index is 11.7. The average Bonchev–Trinajstić information content (AvgIpc) is 3.30. The summed E-state index contributed by atoms with van der Waals surface area (Å²) in [5.41, 5.74) is 6.35. The first-order valence-electron chi connectivity index (χ1n) is 9.67. The summed E-state index contributed by atoms with van der Waals surface area (Å²) in [6.45, 7) is 0.506. The van der Waals surface area contributed by atoms with E-state index in [9.17, 15) is 19.8 Å². The van der Waals surface area contributed by atoms with Gasteiger partial charge in [0.25, 0.3) is 0 Å². The average molecular weight is 455 g/mol. The van der Waals surface area contributed by atoms with Crippen LogP contribution in [0, 0.1) is 0 Å². The molecule has 2 unspecified atom stereocenters. The number of imidazole rings is 1. The number of aliphatic hydroxyl groups is 2. The lowest BCUT2D eigenvalue weighted by atomic mass is 10.2. The molecular weight excluding hydrogens is 430 g/mol. The Bertz CT molecular complexity index is 941. The van der Waals surface area contributed by atoms with Gasteiger partial charge in [-0.3, -0.25) is 14.2 Å². The molecule has 1 aliphatic rings. The third-order valence-corrected chi connectivity index (χ3v) is 5.03. The van der Waals surface area contributed by atoms with Gasteiger partial charge in [0.2, 0.25) is 11.9 Å². The number of carbonyl (C=O) groups is 2. The summed E-state index contributed by atoms with van der Waals surface area (Å²) in [7, 11) is 0. The van der Waals surface area contributed by atoms with Crippen molar-refractivity contribution in [1.82, 2.24) is 24.8 Å². The van der Waals surface area contributed by atoms with Gasteiger partial charge in [0.05, 0.1) is 31.5 Å². The highest BCUT2D eigenvalue weighted by atomic mass is 32.1. The van der Waals surface area contributed by atoms with Gasteiger partial charge < -0.3 is 36.4 Å². The fourth-order valence-corrected chi connectivity index (χ4v) is 3.43. The first kappa shape index (κ1) is 23.1. The minimum atomic E-state index is -1.14. The maximum Gasteiger partial charge on any atom is 0.305 e. The number of amides is 1. The molecule has 0 bridgehead atoms. The number of nitrogens with one attached hydrogen (secondary N) is 2. The van der Waals surface area contributed by atoms with Crippen molar-refractivity contribution in [2.45, 2.75) is 48.8 Å². The molecule has 1 fully saturated rings. The van der Waals surface area contributed by atoms with Crippen molar-refractivity contribution in [3.05, 3.63) is 6.33 Å². The van der Waals surface area contributed by atoms with Crippen molar-refractivity contribution in [3.8, 4) is 0 Å². The van der Waals surface area contributed by atoms with Gasteiger partial charge in [0.15, 0.2) is 11.9 Å². The first-order chi connectivity index (χ1) is 14.8. The van der Waals surface area contributed by atoms with E-state index in [0.717, 1.165) is 0 Å². The zero-order valence-corrected chi connectivity index (χ0v) is 17.4. The largest absolute Gasteiger partial charge is 0.481 e. The van der Waals surface area contributed by atoms with E-state index in [1.807, 2.05) is 0 Å². The summed E-state index contributed by atoms with van der Waals surface area (Å²) in [5.74, 6) is -1.39. The Morgan fingerprint density at radius 1 is 1.39 bits per heavy atom. The number of nitrogens with zero attached hydrogens (tertiary/aromatic N) is 4. The molecule has 1 amide bonds.